The Morgan fingerprint density at radius 1 is 1.45 bits per heavy atom. The van der Waals surface area contributed by atoms with Crippen LogP contribution in [0.4, 0.5) is 0 Å². The van der Waals surface area contributed by atoms with Gasteiger partial charge in [-0.25, -0.2) is 0 Å². The molecule has 0 aromatic carbocycles. The second-order valence-corrected chi connectivity index (χ2v) is 2.75. The van der Waals surface area contributed by atoms with E-state index in [2.05, 4.69) is 21.2 Å². The van der Waals surface area contributed by atoms with Gasteiger partial charge in [0.15, 0.2) is 0 Å². The average Bonchev–Trinajstić information content (AvgIpc) is 2.05. The Labute approximate surface area is 100 Å². The van der Waals surface area contributed by atoms with Crippen molar-refractivity contribution in [3.05, 3.63) is 5.32 Å². The first-order valence-corrected chi connectivity index (χ1v) is 4.43. The second kappa shape index (κ2) is 6.52. The molecular formula is C6H10BrN2OY+2. The minimum absolute atomic E-state index is 0. The summed E-state index contributed by atoms with van der Waals surface area (Å²) in [6.07, 6.45) is 0. The van der Waals surface area contributed by atoms with Crippen molar-refractivity contribution in [2.75, 3.05) is 31.5 Å². The van der Waals surface area contributed by atoms with Crippen LogP contribution in [0, 0.1) is 0 Å². The van der Waals surface area contributed by atoms with Gasteiger partial charge in [0.2, 0.25) is 5.91 Å². The van der Waals surface area contributed by atoms with E-state index in [0.29, 0.717) is 5.33 Å². The molecule has 1 fully saturated rings. The van der Waals surface area contributed by atoms with E-state index in [1.54, 1.807) is 0 Å². The van der Waals surface area contributed by atoms with Gasteiger partial charge in [-0.05, 0) is 0 Å². The first-order chi connectivity index (χ1) is 4.84. The van der Waals surface area contributed by atoms with E-state index < -0.39 is 0 Å². The van der Waals surface area contributed by atoms with Gasteiger partial charge in [-0.1, -0.05) is 15.9 Å². The molecule has 0 N–H and O–H groups in total. The molecule has 0 radical (unpaired) electrons. The predicted octanol–water partition coefficient (Wildman–Crippen LogP) is 0.595. The molecule has 0 unspecified atom stereocenters. The topological polar surface area (TPSA) is 34.4 Å². The number of piperazine rings is 1. The molecule has 1 saturated heterocycles. The van der Waals surface area contributed by atoms with Crippen LogP contribution in [0.3, 0.4) is 0 Å². The maximum absolute atomic E-state index is 11.0. The number of hydrogen-bond donors (Lipinski definition) is 0. The van der Waals surface area contributed by atoms with Gasteiger partial charge in [0.25, 0.3) is 0 Å². The SMILES string of the molecule is O=C(CBr)N1CC[N-]CC1.[Y+3]. The van der Waals surface area contributed by atoms with Crippen LogP contribution in [-0.4, -0.2) is 42.3 Å². The van der Waals surface area contributed by atoms with E-state index in [9.17, 15) is 4.79 Å². The Kier molecular flexibility index (Phi) is 7.12. The zero-order chi connectivity index (χ0) is 7.40. The van der Waals surface area contributed by atoms with Crippen molar-refractivity contribution in [1.82, 2.24) is 4.90 Å². The molecule has 0 aromatic heterocycles. The molecule has 0 aliphatic carbocycles. The smallest absolute Gasteiger partial charge is 0.659 e. The Hall–Kier alpha value is 1.01. The van der Waals surface area contributed by atoms with Crippen LogP contribution >= 0.6 is 15.9 Å². The maximum Gasteiger partial charge on any atom is 3.00 e. The monoisotopic (exact) mass is 294 g/mol. The zero-order valence-electron chi connectivity index (χ0n) is 6.29. The Balaban J connectivity index is 0.000001000. The molecular weight excluding hydrogens is 285 g/mol. The zero-order valence-corrected chi connectivity index (χ0v) is 10.7. The molecule has 0 bridgehead atoms. The second-order valence-electron chi connectivity index (χ2n) is 2.19. The van der Waals surface area contributed by atoms with Crippen molar-refractivity contribution >= 4 is 21.8 Å². The van der Waals surface area contributed by atoms with E-state index in [-0.39, 0.29) is 38.6 Å². The largest absolute Gasteiger partial charge is 3.00 e. The summed E-state index contributed by atoms with van der Waals surface area (Å²) in [5, 5.41) is 4.57. The Morgan fingerprint density at radius 3 is 2.45 bits per heavy atom. The minimum Gasteiger partial charge on any atom is -0.659 e. The maximum atomic E-state index is 11.0. The molecule has 3 nitrogen and oxygen atoms in total. The third kappa shape index (κ3) is 3.97. The number of rotatable bonds is 1. The van der Waals surface area contributed by atoms with Gasteiger partial charge >= 0.3 is 32.7 Å². The van der Waals surface area contributed by atoms with Crippen LogP contribution in [0.15, 0.2) is 0 Å². The average molecular weight is 295 g/mol. The minimum atomic E-state index is 0. The molecule has 1 aliphatic heterocycles. The summed E-state index contributed by atoms with van der Waals surface area (Å²) in [4.78, 5) is 12.8. The fraction of sp³-hybridized carbons (Fsp3) is 0.833. The molecule has 1 heterocycles. The van der Waals surface area contributed by atoms with E-state index in [1.807, 2.05) is 4.90 Å². The summed E-state index contributed by atoms with van der Waals surface area (Å²) in [6, 6.07) is 0. The first-order valence-electron chi connectivity index (χ1n) is 3.31. The number of carbonyl (C=O) groups excluding carboxylic acids is 1. The number of halogens is 1. The summed E-state index contributed by atoms with van der Waals surface area (Å²) in [6.45, 7) is 3.20. The summed E-state index contributed by atoms with van der Waals surface area (Å²) in [5.74, 6) is 0.176. The molecule has 0 aromatic rings. The Bertz CT molecular complexity index is 128. The molecule has 1 rings (SSSR count). The van der Waals surface area contributed by atoms with E-state index in [4.69, 9.17) is 0 Å². The molecule has 58 valence electrons. The van der Waals surface area contributed by atoms with Gasteiger partial charge in [-0.15, -0.1) is 13.1 Å². The van der Waals surface area contributed by atoms with Crippen molar-refractivity contribution in [3.63, 3.8) is 0 Å². The van der Waals surface area contributed by atoms with Crippen LogP contribution in [0.1, 0.15) is 0 Å². The van der Waals surface area contributed by atoms with Gasteiger partial charge in [-0.3, -0.25) is 4.79 Å². The van der Waals surface area contributed by atoms with Crippen molar-refractivity contribution < 1.29 is 37.5 Å². The summed E-state index contributed by atoms with van der Waals surface area (Å²) >= 11 is 3.13. The molecule has 0 spiro atoms. The number of amides is 1. The number of alkyl halides is 1. The number of nitrogens with zero attached hydrogens (tertiary/aromatic N) is 2. The molecule has 11 heavy (non-hydrogen) atoms. The van der Waals surface area contributed by atoms with E-state index in [0.717, 1.165) is 26.2 Å². The van der Waals surface area contributed by atoms with Crippen LogP contribution < -0.4 is 0 Å². The van der Waals surface area contributed by atoms with Crippen LogP contribution in [0.5, 0.6) is 0 Å². The van der Waals surface area contributed by atoms with Crippen LogP contribution in [-0.2, 0) is 37.5 Å². The van der Waals surface area contributed by atoms with E-state index >= 15 is 0 Å². The molecule has 0 saturated carbocycles. The van der Waals surface area contributed by atoms with Gasteiger partial charge in [0.1, 0.15) is 0 Å². The fourth-order valence-electron chi connectivity index (χ4n) is 0.940. The van der Waals surface area contributed by atoms with Crippen LogP contribution in [0.25, 0.3) is 5.32 Å². The predicted molar refractivity (Wildman–Crippen MR) is 43.5 cm³/mol. The molecule has 5 heteroatoms. The Morgan fingerprint density at radius 2 is 2.00 bits per heavy atom. The van der Waals surface area contributed by atoms with Gasteiger partial charge in [0, 0.05) is 13.1 Å². The molecule has 1 amide bonds. The van der Waals surface area contributed by atoms with Gasteiger partial charge < -0.3 is 10.2 Å². The summed E-state index contributed by atoms with van der Waals surface area (Å²) in [5.41, 5.74) is 0. The standard InChI is InChI=1S/C6H10BrN2O.Y/c7-5-6(10)9-3-1-8-2-4-9;/h1-5H2;/q-1;+3. The van der Waals surface area contributed by atoms with Crippen LogP contribution in [0.2, 0.25) is 0 Å². The third-order valence-corrected chi connectivity index (χ3v) is 2.00. The van der Waals surface area contributed by atoms with Gasteiger partial charge in [0.05, 0.1) is 5.33 Å². The molecule has 1 aliphatic rings. The summed E-state index contributed by atoms with van der Waals surface area (Å²) < 4.78 is 0. The quantitative estimate of drug-likeness (QED) is 0.652. The van der Waals surface area contributed by atoms with Crippen molar-refractivity contribution in [2.24, 2.45) is 0 Å². The third-order valence-electron chi connectivity index (χ3n) is 1.52. The van der Waals surface area contributed by atoms with Crippen molar-refractivity contribution in [1.29, 1.82) is 0 Å². The van der Waals surface area contributed by atoms with Gasteiger partial charge in [-0.2, -0.15) is 0 Å². The number of carbonyl (C=O) groups is 1. The summed E-state index contributed by atoms with van der Waals surface area (Å²) in [7, 11) is 0. The normalized spacial score (nSPS) is 17.4. The van der Waals surface area contributed by atoms with Crippen molar-refractivity contribution in [2.45, 2.75) is 0 Å². The fourth-order valence-corrected chi connectivity index (χ4v) is 1.30. The molecule has 0 atom stereocenters. The number of hydrogen-bond acceptors (Lipinski definition) is 1. The van der Waals surface area contributed by atoms with E-state index in [1.165, 1.54) is 0 Å². The van der Waals surface area contributed by atoms with Crippen molar-refractivity contribution in [3.8, 4) is 0 Å². The first kappa shape index (κ1) is 12.0.